The van der Waals surface area contributed by atoms with E-state index in [4.69, 9.17) is 40.5 Å². The number of amides is 1. The van der Waals surface area contributed by atoms with Crippen LogP contribution in [0.1, 0.15) is 16.8 Å². The Kier molecular flexibility index (Phi) is 7.76. The number of aromatic nitrogens is 2. The summed E-state index contributed by atoms with van der Waals surface area (Å²) in [5.74, 6) is 0.181. The average molecular weight is 572 g/mol. The van der Waals surface area contributed by atoms with Crippen LogP contribution in [0.4, 0.5) is 17.3 Å². The first-order chi connectivity index (χ1) is 17.0. The first-order valence-corrected chi connectivity index (χ1v) is 13.2. The number of aliphatic hydroxyl groups is 1. The van der Waals surface area contributed by atoms with Gasteiger partial charge in [0.2, 0.25) is 0 Å². The number of rotatable bonds is 7. The number of benzene rings is 2. The van der Waals surface area contributed by atoms with E-state index in [-0.39, 0.29) is 44.6 Å². The molecule has 0 aliphatic carbocycles. The number of aliphatic hydroxyl groups excluding tert-OH is 1. The highest BCUT2D eigenvalue weighted by atomic mass is 35.5. The molecule has 0 bridgehead atoms. The molecule has 3 aromatic rings. The standard InChI is InChI=1S/C22H21Cl3N6O4S/c23-12-2-1-3-13(4-12)30-36(34,35)19-6-16(17(24)7-18(19)25)22(33)27-9-14-5-15(32)10-31(14)21-8-20(26)28-11-29-21/h1-4,6-8,11,14-15,30,32H,5,9-10H2,(H,27,33)(H2,26,28,29)/t14-,15-/m1/s1. The Morgan fingerprint density at radius 2 is 1.92 bits per heavy atom. The molecule has 14 heteroatoms. The van der Waals surface area contributed by atoms with E-state index in [1.165, 1.54) is 24.5 Å². The van der Waals surface area contributed by atoms with Crippen LogP contribution in [0.2, 0.25) is 15.1 Å². The minimum absolute atomic E-state index is 0.0221. The van der Waals surface area contributed by atoms with Gasteiger partial charge in [-0.1, -0.05) is 40.9 Å². The largest absolute Gasteiger partial charge is 0.391 e. The molecule has 0 spiro atoms. The lowest BCUT2D eigenvalue weighted by Gasteiger charge is -2.25. The van der Waals surface area contributed by atoms with E-state index in [1.807, 2.05) is 4.90 Å². The molecular formula is C22H21Cl3N6O4S. The molecule has 2 heterocycles. The number of nitrogens with two attached hydrogens (primary N) is 1. The lowest BCUT2D eigenvalue weighted by molar-refractivity contribution is 0.0950. The van der Waals surface area contributed by atoms with E-state index in [2.05, 4.69) is 20.0 Å². The van der Waals surface area contributed by atoms with Gasteiger partial charge in [-0.3, -0.25) is 9.52 Å². The number of carbonyl (C=O) groups is 1. The van der Waals surface area contributed by atoms with Crippen LogP contribution in [-0.2, 0) is 10.0 Å². The second-order valence-electron chi connectivity index (χ2n) is 8.09. The number of nitrogens with one attached hydrogen (secondary N) is 2. The van der Waals surface area contributed by atoms with Gasteiger partial charge in [0.05, 0.1) is 33.4 Å². The summed E-state index contributed by atoms with van der Waals surface area (Å²) >= 11 is 18.3. The highest BCUT2D eigenvalue weighted by molar-refractivity contribution is 7.92. The van der Waals surface area contributed by atoms with Gasteiger partial charge in [-0.05, 0) is 36.8 Å². The maximum absolute atomic E-state index is 13.0. The molecule has 1 aromatic heterocycles. The zero-order chi connectivity index (χ0) is 26.0. The smallest absolute Gasteiger partial charge is 0.263 e. The molecule has 4 rings (SSSR count). The molecule has 0 saturated carbocycles. The van der Waals surface area contributed by atoms with Crippen LogP contribution in [0.5, 0.6) is 0 Å². The van der Waals surface area contributed by atoms with E-state index in [9.17, 15) is 18.3 Å². The summed E-state index contributed by atoms with van der Waals surface area (Å²) in [7, 11) is -4.17. The Bertz CT molecular complexity index is 1410. The lowest BCUT2D eigenvalue weighted by Crippen LogP contribution is -2.40. The van der Waals surface area contributed by atoms with Crippen molar-refractivity contribution in [2.75, 3.05) is 28.4 Å². The Hall–Kier alpha value is -2.83. The maximum Gasteiger partial charge on any atom is 0.263 e. The summed E-state index contributed by atoms with van der Waals surface area (Å²) in [4.78, 5) is 22.5. The molecule has 1 saturated heterocycles. The highest BCUT2D eigenvalue weighted by Gasteiger charge is 2.32. The van der Waals surface area contributed by atoms with Crippen LogP contribution >= 0.6 is 34.8 Å². The number of halogens is 3. The molecular weight excluding hydrogens is 551 g/mol. The Labute approximate surface area is 222 Å². The van der Waals surface area contributed by atoms with Gasteiger partial charge in [0.1, 0.15) is 22.9 Å². The first kappa shape index (κ1) is 26.2. The molecule has 1 aliphatic rings. The van der Waals surface area contributed by atoms with Crippen molar-refractivity contribution in [1.29, 1.82) is 0 Å². The Morgan fingerprint density at radius 1 is 1.14 bits per heavy atom. The molecule has 5 N–H and O–H groups in total. The van der Waals surface area contributed by atoms with Crippen LogP contribution < -0.4 is 20.7 Å². The SMILES string of the molecule is Nc1cc(N2C[C@H](O)C[C@@H]2CNC(=O)c2cc(S(=O)(=O)Nc3cccc(Cl)c3)c(Cl)cc2Cl)ncn1. The number of hydrogen-bond acceptors (Lipinski definition) is 8. The van der Waals surface area contributed by atoms with E-state index < -0.39 is 22.0 Å². The number of hydrogen-bond donors (Lipinski definition) is 4. The Balaban J connectivity index is 1.53. The van der Waals surface area contributed by atoms with E-state index in [1.54, 1.807) is 18.2 Å². The van der Waals surface area contributed by atoms with Crippen molar-refractivity contribution in [3.8, 4) is 0 Å². The third kappa shape index (κ3) is 5.93. The second kappa shape index (κ2) is 10.7. The van der Waals surface area contributed by atoms with Crippen LogP contribution in [0.25, 0.3) is 0 Å². The van der Waals surface area contributed by atoms with Gasteiger partial charge in [-0.15, -0.1) is 0 Å². The van der Waals surface area contributed by atoms with Crippen molar-refractivity contribution in [2.24, 2.45) is 0 Å². The predicted octanol–water partition coefficient (Wildman–Crippen LogP) is 3.19. The van der Waals surface area contributed by atoms with E-state index in [0.29, 0.717) is 23.8 Å². The van der Waals surface area contributed by atoms with Crippen molar-refractivity contribution in [3.63, 3.8) is 0 Å². The minimum Gasteiger partial charge on any atom is -0.391 e. The number of carbonyl (C=O) groups excluding carboxylic acids is 1. The molecule has 1 fully saturated rings. The maximum atomic E-state index is 13.0. The summed E-state index contributed by atoms with van der Waals surface area (Å²) in [6.45, 7) is 0.428. The molecule has 1 aliphatic heterocycles. The van der Waals surface area contributed by atoms with Crippen molar-refractivity contribution >= 4 is 68.1 Å². The van der Waals surface area contributed by atoms with Gasteiger partial charge < -0.3 is 21.1 Å². The van der Waals surface area contributed by atoms with Crippen LogP contribution in [-0.4, -0.2) is 54.6 Å². The normalized spacial score (nSPS) is 17.7. The number of sulfonamides is 1. The van der Waals surface area contributed by atoms with Crippen LogP contribution in [0.15, 0.2) is 53.7 Å². The fraction of sp³-hybridized carbons (Fsp3) is 0.227. The second-order valence-corrected chi connectivity index (χ2v) is 11.0. The van der Waals surface area contributed by atoms with Gasteiger partial charge in [0.25, 0.3) is 15.9 Å². The first-order valence-electron chi connectivity index (χ1n) is 10.6. The zero-order valence-electron chi connectivity index (χ0n) is 18.5. The summed E-state index contributed by atoms with van der Waals surface area (Å²) in [5, 5.41) is 13.1. The van der Waals surface area contributed by atoms with Gasteiger partial charge in [0.15, 0.2) is 0 Å². The highest BCUT2D eigenvalue weighted by Crippen LogP contribution is 2.31. The fourth-order valence-corrected chi connectivity index (χ4v) is 5.96. The van der Waals surface area contributed by atoms with Crippen LogP contribution in [0.3, 0.4) is 0 Å². The number of nitrogen functional groups attached to an aromatic ring is 1. The molecule has 0 radical (unpaired) electrons. The molecule has 2 aromatic carbocycles. The molecule has 1 amide bonds. The molecule has 190 valence electrons. The molecule has 0 unspecified atom stereocenters. The van der Waals surface area contributed by atoms with E-state index >= 15 is 0 Å². The van der Waals surface area contributed by atoms with Gasteiger partial charge in [-0.25, -0.2) is 18.4 Å². The molecule has 2 atom stereocenters. The predicted molar refractivity (Wildman–Crippen MR) is 139 cm³/mol. The third-order valence-electron chi connectivity index (χ3n) is 5.49. The van der Waals surface area contributed by atoms with Gasteiger partial charge in [-0.2, -0.15) is 0 Å². The van der Waals surface area contributed by atoms with Crippen molar-refractivity contribution < 1.29 is 18.3 Å². The van der Waals surface area contributed by atoms with Crippen molar-refractivity contribution in [3.05, 3.63) is 69.4 Å². The molecule has 36 heavy (non-hydrogen) atoms. The Morgan fingerprint density at radius 3 is 2.64 bits per heavy atom. The van der Waals surface area contributed by atoms with Crippen molar-refractivity contribution in [1.82, 2.24) is 15.3 Å². The quantitative estimate of drug-likeness (QED) is 0.338. The van der Waals surface area contributed by atoms with Gasteiger partial charge in [0, 0.05) is 24.2 Å². The summed E-state index contributed by atoms with van der Waals surface area (Å²) in [6.07, 6.45) is 1.07. The average Bonchev–Trinajstić information content (AvgIpc) is 3.17. The monoisotopic (exact) mass is 570 g/mol. The zero-order valence-corrected chi connectivity index (χ0v) is 21.6. The minimum atomic E-state index is -4.17. The number of β-amino-alcohol motifs (C(OH)–C–C–N with tert-alkyl or cyclic N) is 1. The van der Waals surface area contributed by atoms with Crippen LogP contribution in [0, 0.1) is 0 Å². The number of anilines is 3. The third-order valence-corrected chi connectivity index (χ3v) is 7.89. The topological polar surface area (TPSA) is 151 Å². The summed E-state index contributed by atoms with van der Waals surface area (Å²) < 4.78 is 28.3. The fourth-order valence-electron chi connectivity index (χ4n) is 3.86. The lowest BCUT2D eigenvalue weighted by atomic mass is 10.1. The summed E-state index contributed by atoms with van der Waals surface area (Å²) in [5.41, 5.74) is 5.89. The number of nitrogens with zero attached hydrogens (tertiary/aromatic N) is 3. The summed E-state index contributed by atoms with van der Waals surface area (Å²) in [6, 6.07) is 9.73. The molecule has 10 nitrogen and oxygen atoms in total. The van der Waals surface area contributed by atoms with Crippen molar-refractivity contribution in [2.45, 2.75) is 23.5 Å². The van der Waals surface area contributed by atoms with Gasteiger partial charge >= 0.3 is 0 Å². The van der Waals surface area contributed by atoms with E-state index in [0.717, 1.165) is 6.07 Å².